The smallest absolute Gasteiger partial charge is 0.135 e. The summed E-state index contributed by atoms with van der Waals surface area (Å²) in [6, 6.07) is 0.492. The third-order valence-electron chi connectivity index (χ3n) is 3.28. The maximum absolute atomic E-state index is 4.45. The number of rotatable bonds is 8. The Labute approximate surface area is 117 Å². The van der Waals surface area contributed by atoms with Crippen LogP contribution in [0.5, 0.6) is 0 Å². The van der Waals surface area contributed by atoms with Gasteiger partial charge in [-0.25, -0.2) is 9.97 Å². The average molecular weight is 264 g/mol. The van der Waals surface area contributed by atoms with Crippen LogP contribution in [0.15, 0.2) is 6.33 Å². The number of hydrogen-bond acceptors (Lipinski definition) is 4. The van der Waals surface area contributed by atoms with E-state index in [4.69, 9.17) is 0 Å². The molecule has 0 spiro atoms. The van der Waals surface area contributed by atoms with Crippen molar-refractivity contribution >= 4 is 11.6 Å². The number of nitrogens with zero attached hydrogens (tertiary/aromatic N) is 2. The maximum Gasteiger partial charge on any atom is 0.135 e. The average Bonchev–Trinajstić information content (AvgIpc) is 2.38. The van der Waals surface area contributed by atoms with Crippen LogP contribution in [0, 0.1) is 0 Å². The van der Waals surface area contributed by atoms with Gasteiger partial charge in [-0.1, -0.05) is 34.1 Å². The molecule has 0 aliphatic carbocycles. The first-order valence-corrected chi connectivity index (χ1v) is 7.49. The van der Waals surface area contributed by atoms with Crippen molar-refractivity contribution in [2.75, 3.05) is 17.2 Å². The summed E-state index contributed by atoms with van der Waals surface area (Å²) in [6.07, 6.45) is 5.12. The molecule has 0 aromatic carbocycles. The molecule has 4 heteroatoms. The van der Waals surface area contributed by atoms with Crippen molar-refractivity contribution in [3.8, 4) is 0 Å². The SMILES string of the molecule is CCCC(CC)Nc1ncnc(NCC)c1C(C)C. The second-order valence-electron chi connectivity index (χ2n) is 5.21. The summed E-state index contributed by atoms with van der Waals surface area (Å²) >= 11 is 0. The molecule has 0 fully saturated rings. The van der Waals surface area contributed by atoms with Gasteiger partial charge in [0.1, 0.15) is 18.0 Å². The van der Waals surface area contributed by atoms with E-state index in [2.05, 4.69) is 55.2 Å². The lowest BCUT2D eigenvalue weighted by molar-refractivity contribution is 0.618. The molecular weight excluding hydrogens is 236 g/mol. The van der Waals surface area contributed by atoms with E-state index in [9.17, 15) is 0 Å². The Kier molecular flexibility index (Phi) is 6.60. The Morgan fingerprint density at radius 2 is 1.79 bits per heavy atom. The fourth-order valence-electron chi connectivity index (χ4n) is 2.29. The summed E-state index contributed by atoms with van der Waals surface area (Å²) < 4.78 is 0. The highest BCUT2D eigenvalue weighted by atomic mass is 15.1. The molecule has 19 heavy (non-hydrogen) atoms. The Balaban J connectivity index is 3.01. The van der Waals surface area contributed by atoms with Gasteiger partial charge in [-0.2, -0.15) is 0 Å². The predicted octanol–water partition coefficient (Wildman–Crippen LogP) is 4.02. The molecule has 0 amide bonds. The van der Waals surface area contributed by atoms with Gasteiger partial charge in [-0.3, -0.25) is 0 Å². The normalized spacial score (nSPS) is 12.5. The first kappa shape index (κ1) is 15.7. The lowest BCUT2D eigenvalue weighted by Crippen LogP contribution is -2.21. The minimum Gasteiger partial charge on any atom is -0.370 e. The Bertz CT molecular complexity index is 376. The van der Waals surface area contributed by atoms with Gasteiger partial charge < -0.3 is 10.6 Å². The molecule has 1 aromatic heterocycles. The van der Waals surface area contributed by atoms with Crippen LogP contribution < -0.4 is 10.6 Å². The molecule has 4 nitrogen and oxygen atoms in total. The van der Waals surface area contributed by atoms with E-state index in [0.717, 1.165) is 24.6 Å². The summed E-state index contributed by atoms with van der Waals surface area (Å²) in [5, 5.41) is 6.92. The van der Waals surface area contributed by atoms with Gasteiger partial charge in [-0.05, 0) is 25.7 Å². The van der Waals surface area contributed by atoms with E-state index in [1.807, 2.05) is 0 Å². The van der Waals surface area contributed by atoms with E-state index >= 15 is 0 Å². The quantitative estimate of drug-likeness (QED) is 0.744. The highest BCUT2D eigenvalue weighted by Crippen LogP contribution is 2.29. The second-order valence-corrected chi connectivity index (χ2v) is 5.21. The molecule has 0 aliphatic rings. The number of nitrogens with one attached hydrogen (secondary N) is 2. The lowest BCUT2D eigenvalue weighted by atomic mass is 10.0. The van der Waals surface area contributed by atoms with Crippen molar-refractivity contribution in [2.24, 2.45) is 0 Å². The molecule has 0 bridgehead atoms. The molecule has 0 radical (unpaired) electrons. The van der Waals surface area contributed by atoms with Gasteiger partial charge in [0.25, 0.3) is 0 Å². The summed E-state index contributed by atoms with van der Waals surface area (Å²) in [5.41, 5.74) is 1.19. The summed E-state index contributed by atoms with van der Waals surface area (Å²) in [5.74, 6) is 2.35. The molecule has 1 rings (SSSR count). The van der Waals surface area contributed by atoms with Crippen molar-refractivity contribution < 1.29 is 0 Å². The van der Waals surface area contributed by atoms with Crippen molar-refractivity contribution in [1.82, 2.24) is 9.97 Å². The first-order valence-electron chi connectivity index (χ1n) is 7.49. The van der Waals surface area contributed by atoms with Crippen LogP contribution in [0.1, 0.15) is 65.4 Å². The molecule has 0 aliphatic heterocycles. The second kappa shape index (κ2) is 7.97. The highest BCUT2D eigenvalue weighted by Gasteiger charge is 2.16. The zero-order valence-electron chi connectivity index (χ0n) is 13.0. The third kappa shape index (κ3) is 4.37. The largest absolute Gasteiger partial charge is 0.370 e. The monoisotopic (exact) mass is 264 g/mol. The van der Waals surface area contributed by atoms with E-state index < -0.39 is 0 Å². The van der Waals surface area contributed by atoms with Gasteiger partial charge in [0.2, 0.25) is 0 Å². The van der Waals surface area contributed by atoms with Crippen molar-refractivity contribution in [1.29, 1.82) is 0 Å². The van der Waals surface area contributed by atoms with Crippen LogP contribution in [-0.4, -0.2) is 22.6 Å². The number of hydrogen-bond donors (Lipinski definition) is 2. The minimum absolute atomic E-state index is 0.400. The summed E-state index contributed by atoms with van der Waals surface area (Å²) in [6.45, 7) is 11.8. The molecule has 1 atom stereocenters. The van der Waals surface area contributed by atoms with Gasteiger partial charge in [0.15, 0.2) is 0 Å². The molecule has 2 N–H and O–H groups in total. The van der Waals surface area contributed by atoms with Crippen LogP contribution in [-0.2, 0) is 0 Å². The number of aromatic nitrogens is 2. The predicted molar refractivity (Wildman–Crippen MR) is 82.9 cm³/mol. The Morgan fingerprint density at radius 1 is 1.11 bits per heavy atom. The first-order chi connectivity index (χ1) is 9.13. The van der Waals surface area contributed by atoms with Gasteiger partial charge in [-0.15, -0.1) is 0 Å². The third-order valence-corrected chi connectivity index (χ3v) is 3.28. The zero-order chi connectivity index (χ0) is 14.3. The molecular formula is C15H28N4. The van der Waals surface area contributed by atoms with E-state index in [-0.39, 0.29) is 0 Å². The highest BCUT2D eigenvalue weighted by molar-refractivity contribution is 5.59. The van der Waals surface area contributed by atoms with Crippen molar-refractivity contribution in [3.63, 3.8) is 0 Å². The van der Waals surface area contributed by atoms with Gasteiger partial charge in [0.05, 0.1) is 0 Å². The topological polar surface area (TPSA) is 49.8 Å². The van der Waals surface area contributed by atoms with Gasteiger partial charge in [0, 0.05) is 18.2 Å². The maximum atomic E-state index is 4.45. The van der Waals surface area contributed by atoms with E-state index in [1.54, 1.807) is 6.33 Å². The lowest BCUT2D eigenvalue weighted by Gasteiger charge is -2.22. The summed E-state index contributed by atoms with van der Waals surface area (Å²) in [7, 11) is 0. The van der Waals surface area contributed by atoms with Crippen LogP contribution >= 0.6 is 0 Å². The van der Waals surface area contributed by atoms with E-state index in [0.29, 0.717) is 12.0 Å². The molecule has 1 heterocycles. The van der Waals surface area contributed by atoms with Crippen molar-refractivity contribution in [2.45, 2.75) is 65.8 Å². The van der Waals surface area contributed by atoms with Crippen LogP contribution in [0.4, 0.5) is 11.6 Å². The van der Waals surface area contributed by atoms with Gasteiger partial charge >= 0.3 is 0 Å². The fraction of sp³-hybridized carbons (Fsp3) is 0.733. The fourth-order valence-corrected chi connectivity index (χ4v) is 2.29. The Morgan fingerprint density at radius 3 is 2.32 bits per heavy atom. The Hall–Kier alpha value is -1.32. The zero-order valence-corrected chi connectivity index (χ0v) is 13.0. The summed E-state index contributed by atoms with van der Waals surface area (Å²) in [4.78, 5) is 8.82. The van der Waals surface area contributed by atoms with E-state index in [1.165, 1.54) is 18.4 Å². The van der Waals surface area contributed by atoms with Crippen LogP contribution in [0.2, 0.25) is 0 Å². The molecule has 1 aromatic rings. The molecule has 1 unspecified atom stereocenters. The van der Waals surface area contributed by atoms with Crippen LogP contribution in [0.25, 0.3) is 0 Å². The minimum atomic E-state index is 0.400. The molecule has 0 saturated heterocycles. The number of anilines is 2. The molecule has 108 valence electrons. The molecule has 0 saturated carbocycles. The standard InChI is InChI=1S/C15H28N4/c1-6-9-12(7-2)19-15-13(11(4)5)14(16-8-3)17-10-18-15/h10-12H,6-9H2,1-5H3,(H2,16,17,18,19). The van der Waals surface area contributed by atoms with Crippen LogP contribution in [0.3, 0.4) is 0 Å². The van der Waals surface area contributed by atoms with Crippen molar-refractivity contribution in [3.05, 3.63) is 11.9 Å².